The summed E-state index contributed by atoms with van der Waals surface area (Å²) in [6.45, 7) is 6.23. The van der Waals surface area contributed by atoms with Gasteiger partial charge in [0.1, 0.15) is 9.81 Å². The first kappa shape index (κ1) is 21.2. The molecule has 1 aromatic rings. The Morgan fingerprint density at radius 3 is 2.56 bits per heavy atom. The van der Waals surface area contributed by atoms with Gasteiger partial charge in [0.05, 0.1) is 6.54 Å². The molecule has 25 heavy (non-hydrogen) atoms. The highest BCUT2D eigenvalue weighted by Gasteiger charge is 2.27. The van der Waals surface area contributed by atoms with Gasteiger partial charge in [0.25, 0.3) is 10.0 Å². The molecule has 0 aliphatic carbocycles. The van der Waals surface area contributed by atoms with Crippen molar-refractivity contribution in [3.05, 3.63) is 17.5 Å². The molecule has 0 aliphatic rings. The van der Waals surface area contributed by atoms with E-state index in [0.29, 0.717) is 0 Å². The van der Waals surface area contributed by atoms with Gasteiger partial charge in [0.2, 0.25) is 5.78 Å². The van der Waals surface area contributed by atoms with Crippen molar-refractivity contribution in [3.63, 3.8) is 0 Å². The summed E-state index contributed by atoms with van der Waals surface area (Å²) >= 11 is 1.06. The van der Waals surface area contributed by atoms with Gasteiger partial charge in [-0.15, -0.1) is 11.3 Å². The van der Waals surface area contributed by atoms with E-state index < -0.39 is 27.5 Å². The molecule has 1 aromatic heterocycles. The van der Waals surface area contributed by atoms with Crippen molar-refractivity contribution in [3.8, 4) is 11.8 Å². The monoisotopic (exact) mass is 386 g/mol. The average molecular weight is 386 g/mol. The second-order valence-corrected chi connectivity index (χ2v) is 9.11. The molecule has 0 atom stereocenters. The Morgan fingerprint density at radius 1 is 1.36 bits per heavy atom. The summed E-state index contributed by atoms with van der Waals surface area (Å²) in [4.78, 5) is 23.4. The zero-order chi connectivity index (χ0) is 19.1. The Balaban J connectivity index is 2.80. The number of carbonyl (C=O) groups is 2. The average Bonchev–Trinajstić information content (AvgIpc) is 2.99. The van der Waals surface area contributed by atoms with E-state index in [0.717, 1.165) is 15.6 Å². The number of hydrogen-bond donors (Lipinski definition) is 1. The Kier molecular flexibility index (Phi) is 7.60. The van der Waals surface area contributed by atoms with Gasteiger partial charge in [-0.05, 0) is 45.1 Å². The van der Waals surface area contributed by atoms with Crippen LogP contribution in [0.4, 0.5) is 4.79 Å². The molecule has 1 amide bonds. The highest BCUT2D eigenvalue weighted by Crippen LogP contribution is 2.20. The molecule has 1 N–H and O–H groups in total. The fourth-order valence-electron chi connectivity index (χ4n) is 1.76. The fraction of sp³-hybridized carbons (Fsp3) is 0.500. The first-order valence-corrected chi connectivity index (χ1v) is 9.84. The third-order valence-electron chi connectivity index (χ3n) is 2.70. The maximum atomic E-state index is 12.6. The lowest BCUT2D eigenvalue weighted by Crippen LogP contribution is -2.42. The number of hydrogen-bond acceptors (Lipinski definition) is 6. The van der Waals surface area contributed by atoms with Crippen molar-refractivity contribution in [1.29, 1.82) is 0 Å². The molecule has 0 spiro atoms. The lowest BCUT2D eigenvalue weighted by molar-refractivity contribution is -0.114. The molecule has 138 valence electrons. The molecule has 0 saturated carbocycles. The second-order valence-electron chi connectivity index (χ2n) is 6.00. The molecule has 0 unspecified atom stereocenters. The topological polar surface area (TPSA) is 92.8 Å². The number of alkyl carbamates (subject to hydrolysis) is 1. The van der Waals surface area contributed by atoms with Crippen LogP contribution >= 0.6 is 11.3 Å². The smallest absolute Gasteiger partial charge is 0.407 e. The lowest BCUT2D eigenvalue weighted by atomic mass is 10.2. The maximum Gasteiger partial charge on any atom is 0.407 e. The van der Waals surface area contributed by atoms with Gasteiger partial charge in [-0.1, -0.05) is 12.0 Å². The summed E-state index contributed by atoms with van der Waals surface area (Å²) in [7, 11) is -3.83. The maximum absolute atomic E-state index is 12.6. The zero-order valence-corrected chi connectivity index (χ0v) is 16.3. The Labute approximate surface area is 152 Å². The summed E-state index contributed by atoms with van der Waals surface area (Å²) in [6.07, 6.45) is -0.652. The molecule has 0 radical (unpaired) electrons. The fourth-order valence-corrected chi connectivity index (χ4v) is 4.30. The van der Waals surface area contributed by atoms with E-state index in [4.69, 9.17) is 4.74 Å². The molecule has 9 heteroatoms. The SMILES string of the molecule is CC#CC(=O)CN(CCNC(=O)OC(C)(C)C)S(=O)(=O)c1cccs1. The van der Waals surface area contributed by atoms with E-state index in [1.807, 2.05) is 0 Å². The number of carbonyl (C=O) groups excluding carboxylic acids is 2. The van der Waals surface area contributed by atoms with Gasteiger partial charge in [-0.3, -0.25) is 4.79 Å². The van der Waals surface area contributed by atoms with Crippen molar-refractivity contribution in [2.75, 3.05) is 19.6 Å². The Bertz CT molecular complexity index is 753. The van der Waals surface area contributed by atoms with Crippen molar-refractivity contribution in [1.82, 2.24) is 9.62 Å². The van der Waals surface area contributed by atoms with Crippen LogP contribution in [0.5, 0.6) is 0 Å². The van der Waals surface area contributed by atoms with Crippen LogP contribution in [0.2, 0.25) is 0 Å². The summed E-state index contributed by atoms with van der Waals surface area (Å²) in [5, 5.41) is 4.12. The quantitative estimate of drug-likeness (QED) is 0.570. The molecule has 0 aliphatic heterocycles. The van der Waals surface area contributed by atoms with Crippen LogP contribution in [0.15, 0.2) is 21.7 Å². The Morgan fingerprint density at radius 2 is 2.04 bits per heavy atom. The van der Waals surface area contributed by atoms with Crippen molar-refractivity contribution >= 4 is 33.2 Å². The third-order valence-corrected chi connectivity index (χ3v) is 5.92. The number of ketones is 1. The molecule has 0 fully saturated rings. The second kappa shape index (κ2) is 8.99. The van der Waals surface area contributed by atoms with Crippen LogP contribution in [0, 0.1) is 11.8 Å². The van der Waals surface area contributed by atoms with Gasteiger partial charge in [-0.2, -0.15) is 4.31 Å². The Hall–Kier alpha value is -1.89. The number of nitrogens with one attached hydrogen (secondary N) is 1. The van der Waals surface area contributed by atoms with Crippen LogP contribution in [0.25, 0.3) is 0 Å². The van der Waals surface area contributed by atoms with E-state index in [1.165, 1.54) is 13.0 Å². The molecular formula is C16H22N2O5S2. The van der Waals surface area contributed by atoms with Gasteiger partial charge in [-0.25, -0.2) is 13.2 Å². The number of amides is 1. The van der Waals surface area contributed by atoms with Crippen molar-refractivity contribution < 1.29 is 22.7 Å². The standard InChI is InChI=1S/C16H22N2O5S2/c1-5-7-13(19)12-18(25(21,22)14-8-6-11-24-14)10-9-17-15(20)23-16(2,3)4/h6,8,11H,9-10,12H2,1-4H3,(H,17,20). The molecule has 1 heterocycles. The van der Waals surface area contributed by atoms with Crippen molar-refractivity contribution in [2.24, 2.45) is 0 Å². The van der Waals surface area contributed by atoms with Crippen LogP contribution in [0.1, 0.15) is 27.7 Å². The number of ether oxygens (including phenoxy) is 1. The van der Waals surface area contributed by atoms with E-state index in [1.54, 1.807) is 32.2 Å². The van der Waals surface area contributed by atoms with Gasteiger partial charge < -0.3 is 10.1 Å². The van der Waals surface area contributed by atoms with E-state index >= 15 is 0 Å². The number of nitrogens with zero attached hydrogens (tertiary/aromatic N) is 1. The summed E-state index contributed by atoms with van der Waals surface area (Å²) in [6, 6.07) is 3.08. The predicted molar refractivity (Wildman–Crippen MR) is 95.8 cm³/mol. The van der Waals surface area contributed by atoms with Gasteiger partial charge in [0, 0.05) is 13.1 Å². The molecule has 1 rings (SSSR count). The van der Waals surface area contributed by atoms with Gasteiger partial charge >= 0.3 is 6.09 Å². The highest BCUT2D eigenvalue weighted by molar-refractivity contribution is 7.91. The van der Waals surface area contributed by atoms with Crippen LogP contribution in [-0.2, 0) is 19.6 Å². The lowest BCUT2D eigenvalue weighted by Gasteiger charge is -2.22. The van der Waals surface area contributed by atoms with Gasteiger partial charge in [0.15, 0.2) is 0 Å². The normalized spacial score (nSPS) is 11.6. The minimum atomic E-state index is -3.83. The van der Waals surface area contributed by atoms with E-state index in [-0.39, 0.29) is 23.8 Å². The predicted octanol–water partition coefficient (Wildman–Crippen LogP) is 1.86. The minimum Gasteiger partial charge on any atom is -0.444 e. The number of Topliss-reactive ketones (excluding diaryl/α,β-unsaturated/α-hetero) is 1. The minimum absolute atomic E-state index is 0.00630. The number of rotatable bonds is 7. The molecular weight excluding hydrogens is 364 g/mol. The first-order chi connectivity index (χ1) is 11.6. The first-order valence-electron chi connectivity index (χ1n) is 7.52. The number of sulfonamides is 1. The molecule has 0 bridgehead atoms. The molecule has 0 saturated heterocycles. The van der Waals surface area contributed by atoms with Crippen LogP contribution in [-0.4, -0.2) is 49.8 Å². The van der Waals surface area contributed by atoms with E-state index in [9.17, 15) is 18.0 Å². The summed E-state index contributed by atoms with van der Waals surface area (Å²) < 4.78 is 31.5. The van der Waals surface area contributed by atoms with Crippen LogP contribution in [0.3, 0.4) is 0 Å². The number of thiophene rings is 1. The van der Waals surface area contributed by atoms with Crippen LogP contribution < -0.4 is 5.32 Å². The van der Waals surface area contributed by atoms with Crippen molar-refractivity contribution in [2.45, 2.75) is 37.5 Å². The largest absolute Gasteiger partial charge is 0.444 e. The van der Waals surface area contributed by atoms with E-state index in [2.05, 4.69) is 17.2 Å². The third kappa shape index (κ3) is 7.25. The summed E-state index contributed by atoms with van der Waals surface area (Å²) in [5.74, 6) is 4.26. The highest BCUT2D eigenvalue weighted by atomic mass is 32.2. The summed E-state index contributed by atoms with van der Waals surface area (Å²) in [5.41, 5.74) is -0.653. The molecule has 7 nitrogen and oxygen atoms in total. The zero-order valence-electron chi connectivity index (χ0n) is 14.7. The molecule has 0 aromatic carbocycles.